The van der Waals surface area contributed by atoms with Crippen LogP contribution in [-0.4, -0.2) is 12.7 Å². The molecule has 6 rings (SSSR count). The highest BCUT2D eigenvalue weighted by Gasteiger charge is 2.34. The average molecular weight is 421 g/mol. The molecule has 0 saturated carbocycles. The Bertz CT molecular complexity index is 1360. The lowest BCUT2D eigenvalue weighted by Gasteiger charge is -2.35. The summed E-state index contributed by atoms with van der Waals surface area (Å²) in [5.74, 6) is 1.61. The van der Waals surface area contributed by atoms with Crippen molar-refractivity contribution in [2.45, 2.75) is 25.8 Å². The fourth-order valence-corrected chi connectivity index (χ4v) is 4.99. The molecule has 0 fully saturated rings. The molecule has 4 nitrogen and oxygen atoms in total. The molecule has 4 aromatic carbocycles. The third-order valence-electron chi connectivity index (χ3n) is 6.49. The summed E-state index contributed by atoms with van der Waals surface area (Å²) in [6.07, 6.45) is 0.423. The van der Waals surface area contributed by atoms with E-state index in [9.17, 15) is 4.79 Å². The normalized spacial score (nSPS) is 17.0. The minimum absolute atomic E-state index is 0.0353. The molecule has 0 aromatic heterocycles. The van der Waals surface area contributed by atoms with E-state index in [1.165, 1.54) is 21.9 Å². The second-order valence-electron chi connectivity index (χ2n) is 8.56. The fourth-order valence-electron chi connectivity index (χ4n) is 4.99. The monoisotopic (exact) mass is 421 g/mol. The molecule has 158 valence electrons. The van der Waals surface area contributed by atoms with Crippen molar-refractivity contribution in [2.75, 3.05) is 11.7 Å². The highest BCUT2D eigenvalue weighted by atomic mass is 16.7. The van der Waals surface area contributed by atoms with Crippen LogP contribution in [0.3, 0.4) is 0 Å². The Kier molecular flexibility index (Phi) is 4.39. The van der Waals surface area contributed by atoms with Crippen molar-refractivity contribution in [3.8, 4) is 11.5 Å². The summed E-state index contributed by atoms with van der Waals surface area (Å²) in [4.78, 5) is 15.4. The van der Waals surface area contributed by atoms with Gasteiger partial charge in [-0.15, -0.1) is 0 Å². The number of benzene rings is 4. The zero-order chi connectivity index (χ0) is 21.7. The van der Waals surface area contributed by atoms with E-state index < -0.39 is 0 Å². The van der Waals surface area contributed by atoms with Crippen molar-refractivity contribution in [2.24, 2.45) is 0 Å². The molecule has 32 heavy (non-hydrogen) atoms. The van der Waals surface area contributed by atoms with Gasteiger partial charge in [-0.2, -0.15) is 0 Å². The summed E-state index contributed by atoms with van der Waals surface area (Å²) >= 11 is 0. The van der Waals surface area contributed by atoms with Crippen molar-refractivity contribution >= 4 is 22.4 Å². The van der Waals surface area contributed by atoms with Crippen LogP contribution in [0.15, 0.2) is 78.9 Å². The van der Waals surface area contributed by atoms with Gasteiger partial charge in [0, 0.05) is 18.0 Å². The Morgan fingerprint density at radius 1 is 0.906 bits per heavy atom. The number of carbonyl (C=O) groups excluding carboxylic acids is 1. The van der Waals surface area contributed by atoms with Crippen LogP contribution in [0, 0.1) is 6.92 Å². The molecule has 1 atom stereocenters. The number of anilines is 1. The summed E-state index contributed by atoms with van der Waals surface area (Å²) in [5, 5.41) is 2.37. The Morgan fingerprint density at radius 2 is 1.78 bits per heavy atom. The molecule has 4 aromatic rings. The van der Waals surface area contributed by atoms with Gasteiger partial charge < -0.3 is 14.4 Å². The molecule has 4 heteroatoms. The van der Waals surface area contributed by atoms with Crippen LogP contribution in [-0.2, 0) is 11.3 Å². The van der Waals surface area contributed by atoms with E-state index in [1.807, 2.05) is 17.0 Å². The van der Waals surface area contributed by atoms with Crippen molar-refractivity contribution in [1.29, 1.82) is 0 Å². The number of ether oxygens (including phenoxy) is 2. The van der Waals surface area contributed by atoms with Crippen LogP contribution in [0.5, 0.6) is 11.5 Å². The third-order valence-corrected chi connectivity index (χ3v) is 6.49. The topological polar surface area (TPSA) is 38.8 Å². The van der Waals surface area contributed by atoms with E-state index in [2.05, 4.69) is 73.7 Å². The Balaban J connectivity index is 1.51. The molecule has 1 unspecified atom stereocenters. The van der Waals surface area contributed by atoms with Gasteiger partial charge >= 0.3 is 0 Å². The van der Waals surface area contributed by atoms with Gasteiger partial charge in [0.25, 0.3) is 0 Å². The van der Waals surface area contributed by atoms with Crippen molar-refractivity contribution in [3.05, 3.63) is 101 Å². The van der Waals surface area contributed by atoms with E-state index in [0.29, 0.717) is 13.0 Å². The van der Waals surface area contributed by atoms with E-state index in [4.69, 9.17) is 9.47 Å². The zero-order valence-corrected chi connectivity index (χ0v) is 17.9. The molecule has 0 aliphatic carbocycles. The lowest BCUT2D eigenvalue weighted by atomic mass is 9.81. The number of aryl methyl sites for hydroxylation is 1. The van der Waals surface area contributed by atoms with Crippen LogP contribution in [0.2, 0.25) is 0 Å². The summed E-state index contributed by atoms with van der Waals surface area (Å²) in [5.41, 5.74) is 5.61. The summed E-state index contributed by atoms with van der Waals surface area (Å²) in [6.45, 7) is 2.89. The second-order valence-corrected chi connectivity index (χ2v) is 8.56. The van der Waals surface area contributed by atoms with Crippen molar-refractivity contribution in [3.63, 3.8) is 0 Å². The SMILES string of the molecule is Cc1cccc(CN2C(=O)CC(c3ccc4c(c3)OCO4)c3c2ccc2ccccc32)c1. The maximum atomic E-state index is 13.5. The van der Waals surface area contributed by atoms with Crippen molar-refractivity contribution in [1.82, 2.24) is 0 Å². The highest BCUT2D eigenvalue weighted by molar-refractivity contribution is 6.03. The summed E-state index contributed by atoms with van der Waals surface area (Å²) < 4.78 is 11.1. The first-order valence-electron chi connectivity index (χ1n) is 10.9. The number of nitrogens with zero attached hydrogens (tertiary/aromatic N) is 1. The van der Waals surface area contributed by atoms with Gasteiger partial charge in [-0.3, -0.25) is 4.79 Å². The molecular formula is C28H23NO3. The van der Waals surface area contributed by atoms with Gasteiger partial charge in [0.2, 0.25) is 12.7 Å². The molecule has 0 N–H and O–H groups in total. The number of hydrogen-bond acceptors (Lipinski definition) is 3. The van der Waals surface area contributed by atoms with Gasteiger partial charge in [0.1, 0.15) is 0 Å². The van der Waals surface area contributed by atoms with Crippen LogP contribution in [0.25, 0.3) is 10.8 Å². The molecule has 0 radical (unpaired) electrons. The number of amides is 1. The van der Waals surface area contributed by atoms with E-state index >= 15 is 0 Å². The van der Waals surface area contributed by atoms with E-state index in [1.54, 1.807) is 0 Å². The fraction of sp³-hybridized carbons (Fsp3) is 0.179. The van der Waals surface area contributed by atoms with E-state index in [-0.39, 0.29) is 18.6 Å². The maximum absolute atomic E-state index is 13.5. The first kappa shape index (κ1) is 18.9. The lowest BCUT2D eigenvalue weighted by molar-refractivity contribution is -0.119. The maximum Gasteiger partial charge on any atom is 0.231 e. The third kappa shape index (κ3) is 3.11. The largest absolute Gasteiger partial charge is 0.454 e. The molecular weight excluding hydrogens is 398 g/mol. The molecule has 0 spiro atoms. The van der Waals surface area contributed by atoms with Gasteiger partial charge in [-0.1, -0.05) is 66.2 Å². The predicted octanol–water partition coefficient (Wildman–Crippen LogP) is 5.95. The van der Waals surface area contributed by atoms with Gasteiger partial charge in [-0.05, 0) is 52.6 Å². The van der Waals surface area contributed by atoms with E-state index in [0.717, 1.165) is 28.3 Å². The molecule has 2 aliphatic heterocycles. The molecule has 0 bridgehead atoms. The molecule has 1 amide bonds. The first-order valence-corrected chi connectivity index (χ1v) is 10.9. The van der Waals surface area contributed by atoms with Gasteiger partial charge in [-0.25, -0.2) is 0 Å². The van der Waals surface area contributed by atoms with Crippen LogP contribution in [0.4, 0.5) is 5.69 Å². The number of fused-ring (bicyclic) bond motifs is 4. The standard InChI is InChI=1S/C28H23NO3/c1-18-5-4-6-19(13-18)16-29-24-11-9-20-7-2-3-8-22(20)28(24)23(15-27(29)30)21-10-12-25-26(14-21)32-17-31-25/h2-14,23H,15-17H2,1H3. The van der Waals surface area contributed by atoms with Crippen LogP contribution in [0.1, 0.15) is 34.6 Å². The Morgan fingerprint density at radius 3 is 2.69 bits per heavy atom. The van der Waals surface area contributed by atoms with Crippen LogP contribution >= 0.6 is 0 Å². The minimum atomic E-state index is -0.0353. The lowest BCUT2D eigenvalue weighted by Crippen LogP contribution is -2.36. The predicted molar refractivity (Wildman–Crippen MR) is 125 cm³/mol. The smallest absolute Gasteiger partial charge is 0.231 e. The van der Waals surface area contributed by atoms with Gasteiger partial charge in [0.05, 0.1) is 6.54 Å². The van der Waals surface area contributed by atoms with Crippen molar-refractivity contribution < 1.29 is 14.3 Å². The Labute approximate surface area is 187 Å². The number of rotatable bonds is 3. The summed E-state index contributed by atoms with van der Waals surface area (Å²) in [7, 11) is 0. The molecule has 2 heterocycles. The average Bonchev–Trinajstić information content (AvgIpc) is 3.28. The number of hydrogen-bond donors (Lipinski definition) is 0. The molecule has 0 saturated heterocycles. The Hall–Kier alpha value is -3.79. The van der Waals surface area contributed by atoms with Crippen LogP contribution < -0.4 is 14.4 Å². The van der Waals surface area contributed by atoms with Gasteiger partial charge in [0.15, 0.2) is 11.5 Å². The highest BCUT2D eigenvalue weighted by Crippen LogP contribution is 2.46. The first-order chi connectivity index (χ1) is 15.7. The minimum Gasteiger partial charge on any atom is -0.454 e. The number of carbonyl (C=O) groups is 1. The second kappa shape index (κ2) is 7.41. The quantitative estimate of drug-likeness (QED) is 0.411. The molecule has 2 aliphatic rings. The zero-order valence-electron chi connectivity index (χ0n) is 17.9. The summed E-state index contributed by atoms with van der Waals surface area (Å²) in [6, 6.07) is 27.1.